The fourth-order valence-electron chi connectivity index (χ4n) is 2.74. The lowest BCUT2D eigenvalue weighted by Crippen LogP contribution is -2.44. The molecule has 3 rings (SSSR count). The largest absolute Gasteiger partial charge is 0.377 e. The summed E-state index contributed by atoms with van der Waals surface area (Å²) in [6, 6.07) is 3.86. The lowest BCUT2D eigenvalue weighted by atomic mass is 10.2. The van der Waals surface area contributed by atoms with E-state index in [1.807, 2.05) is 11.8 Å². The van der Waals surface area contributed by atoms with Crippen LogP contribution in [0.15, 0.2) is 29.2 Å². The minimum Gasteiger partial charge on any atom is -0.377 e. The highest BCUT2D eigenvalue weighted by molar-refractivity contribution is 7.90. The number of ether oxygens (including phenoxy) is 1. The second-order valence-corrected chi connectivity index (χ2v) is 8.23. The zero-order valence-electron chi connectivity index (χ0n) is 13.8. The summed E-state index contributed by atoms with van der Waals surface area (Å²) in [5, 5.41) is -0.106. The first-order valence-corrected chi connectivity index (χ1v) is 9.85. The third-order valence-electron chi connectivity index (χ3n) is 3.97. The van der Waals surface area contributed by atoms with E-state index in [9.17, 15) is 17.2 Å². The molecule has 0 bridgehead atoms. The van der Waals surface area contributed by atoms with Crippen LogP contribution in [-0.4, -0.2) is 44.2 Å². The Balaban J connectivity index is 1.92. The summed E-state index contributed by atoms with van der Waals surface area (Å²) in [5.41, 5.74) is 0.127. The number of anilines is 1. The van der Waals surface area contributed by atoms with Crippen LogP contribution < -0.4 is 4.90 Å². The van der Waals surface area contributed by atoms with Gasteiger partial charge in [0.2, 0.25) is 5.28 Å². The molecule has 0 radical (unpaired) electrons. The predicted molar refractivity (Wildman–Crippen MR) is 91.9 cm³/mol. The lowest BCUT2D eigenvalue weighted by Gasteiger charge is -2.34. The Morgan fingerprint density at radius 2 is 2.08 bits per heavy atom. The molecule has 26 heavy (non-hydrogen) atoms. The summed E-state index contributed by atoms with van der Waals surface area (Å²) < 4.78 is 57.2. The minimum absolute atomic E-state index is 0.0358. The molecule has 1 fully saturated rings. The molecule has 0 saturated carbocycles. The average Bonchev–Trinajstić information content (AvgIpc) is 2.53. The van der Waals surface area contributed by atoms with Gasteiger partial charge >= 0.3 is 0 Å². The van der Waals surface area contributed by atoms with Gasteiger partial charge in [0.15, 0.2) is 9.84 Å². The number of aromatic nitrogens is 2. The van der Waals surface area contributed by atoms with Crippen molar-refractivity contribution in [1.82, 2.24) is 9.97 Å². The third-order valence-corrected chi connectivity index (χ3v) is 5.81. The van der Waals surface area contributed by atoms with Crippen molar-refractivity contribution in [3.63, 3.8) is 0 Å². The Labute approximate surface area is 154 Å². The molecule has 10 heteroatoms. The Morgan fingerprint density at radius 1 is 1.31 bits per heavy atom. The maximum atomic E-state index is 13.8. The smallest absolute Gasteiger partial charge is 0.224 e. The standard InChI is InChI=1S/C16H16ClF2N3O3S/c1-10-8-25-5-4-22(10)15-7-12(20-16(17)21-15)9-26(23,24)14-3-2-11(18)6-13(14)19/h2-3,6-7,10H,4-5,8-9H2,1H3/t10-/m0/s1. The van der Waals surface area contributed by atoms with Crippen LogP contribution in [0, 0.1) is 11.6 Å². The summed E-state index contributed by atoms with van der Waals surface area (Å²) in [6.07, 6.45) is 0. The van der Waals surface area contributed by atoms with Crippen molar-refractivity contribution in [3.8, 4) is 0 Å². The molecule has 2 aromatic rings. The van der Waals surface area contributed by atoms with Gasteiger partial charge in [0, 0.05) is 18.7 Å². The van der Waals surface area contributed by atoms with Gasteiger partial charge in [-0.15, -0.1) is 0 Å². The first-order chi connectivity index (χ1) is 12.3. The van der Waals surface area contributed by atoms with Crippen molar-refractivity contribution in [1.29, 1.82) is 0 Å². The second kappa shape index (κ2) is 7.42. The number of benzene rings is 1. The monoisotopic (exact) mass is 403 g/mol. The van der Waals surface area contributed by atoms with Crippen molar-refractivity contribution in [2.45, 2.75) is 23.6 Å². The molecule has 2 heterocycles. The molecule has 0 N–H and O–H groups in total. The van der Waals surface area contributed by atoms with E-state index in [1.54, 1.807) is 0 Å². The number of rotatable bonds is 4. The fraction of sp³-hybridized carbons (Fsp3) is 0.375. The first-order valence-electron chi connectivity index (χ1n) is 7.82. The van der Waals surface area contributed by atoms with Gasteiger partial charge in [-0.25, -0.2) is 27.2 Å². The van der Waals surface area contributed by atoms with Crippen LogP contribution in [-0.2, 0) is 20.3 Å². The molecule has 0 aliphatic carbocycles. The SMILES string of the molecule is C[C@H]1COCCN1c1cc(CS(=O)(=O)c2ccc(F)cc2F)nc(Cl)n1. The van der Waals surface area contributed by atoms with Gasteiger partial charge in [0.25, 0.3) is 0 Å². The highest BCUT2D eigenvalue weighted by Gasteiger charge is 2.24. The molecular weight excluding hydrogens is 388 g/mol. The summed E-state index contributed by atoms with van der Waals surface area (Å²) in [6.45, 7) is 3.54. The van der Waals surface area contributed by atoms with Gasteiger partial charge in [0.1, 0.15) is 22.3 Å². The predicted octanol–water partition coefficient (Wildman–Crippen LogP) is 2.61. The van der Waals surface area contributed by atoms with E-state index in [-0.39, 0.29) is 17.0 Å². The van der Waals surface area contributed by atoms with E-state index in [4.69, 9.17) is 16.3 Å². The van der Waals surface area contributed by atoms with Gasteiger partial charge in [0.05, 0.1) is 30.7 Å². The Kier molecular flexibility index (Phi) is 5.40. The molecule has 1 atom stereocenters. The maximum Gasteiger partial charge on any atom is 0.224 e. The third kappa shape index (κ3) is 4.11. The first kappa shape index (κ1) is 18.9. The average molecular weight is 404 g/mol. The minimum atomic E-state index is -4.07. The van der Waals surface area contributed by atoms with Crippen LogP contribution in [0.4, 0.5) is 14.6 Å². The van der Waals surface area contributed by atoms with E-state index in [1.165, 1.54) is 6.07 Å². The van der Waals surface area contributed by atoms with Gasteiger partial charge in [-0.3, -0.25) is 0 Å². The van der Waals surface area contributed by atoms with Gasteiger partial charge in [-0.2, -0.15) is 0 Å². The van der Waals surface area contributed by atoms with Crippen LogP contribution in [0.2, 0.25) is 5.28 Å². The quantitative estimate of drug-likeness (QED) is 0.577. The zero-order valence-corrected chi connectivity index (χ0v) is 15.4. The van der Waals surface area contributed by atoms with Crippen LogP contribution in [0.5, 0.6) is 0 Å². The van der Waals surface area contributed by atoms with Crippen LogP contribution in [0.25, 0.3) is 0 Å². The summed E-state index contributed by atoms with van der Waals surface area (Å²) in [5.74, 6) is -2.10. The molecule has 1 aromatic carbocycles. The Morgan fingerprint density at radius 3 is 2.77 bits per heavy atom. The van der Waals surface area contributed by atoms with Crippen molar-refractivity contribution in [2.75, 3.05) is 24.7 Å². The van der Waals surface area contributed by atoms with Gasteiger partial charge in [-0.05, 0) is 30.7 Å². The molecule has 0 amide bonds. The van der Waals surface area contributed by atoms with Crippen molar-refractivity contribution >= 4 is 27.3 Å². The van der Waals surface area contributed by atoms with Crippen molar-refractivity contribution < 1.29 is 21.9 Å². The number of nitrogens with zero attached hydrogens (tertiary/aromatic N) is 3. The van der Waals surface area contributed by atoms with Crippen LogP contribution in [0.3, 0.4) is 0 Å². The number of sulfone groups is 1. The molecule has 0 unspecified atom stereocenters. The van der Waals surface area contributed by atoms with E-state index >= 15 is 0 Å². The molecule has 6 nitrogen and oxygen atoms in total. The summed E-state index contributed by atoms with van der Waals surface area (Å²) in [7, 11) is -4.07. The summed E-state index contributed by atoms with van der Waals surface area (Å²) >= 11 is 5.95. The van der Waals surface area contributed by atoms with Gasteiger partial charge < -0.3 is 9.64 Å². The van der Waals surface area contributed by atoms with E-state index in [2.05, 4.69) is 9.97 Å². The highest BCUT2D eigenvalue weighted by atomic mass is 35.5. The van der Waals surface area contributed by atoms with Crippen molar-refractivity contribution in [2.24, 2.45) is 0 Å². The van der Waals surface area contributed by atoms with E-state index in [0.29, 0.717) is 31.6 Å². The van der Waals surface area contributed by atoms with E-state index in [0.717, 1.165) is 12.1 Å². The molecule has 1 aromatic heterocycles. The maximum absolute atomic E-state index is 13.8. The molecule has 1 aliphatic rings. The molecule has 0 spiro atoms. The summed E-state index contributed by atoms with van der Waals surface area (Å²) in [4.78, 5) is 9.43. The fourth-order valence-corrected chi connectivity index (χ4v) is 4.26. The molecule has 140 valence electrons. The zero-order chi connectivity index (χ0) is 18.9. The number of hydrogen-bond donors (Lipinski definition) is 0. The van der Waals surface area contributed by atoms with Gasteiger partial charge in [-0.1, -0.05) is 0 Å². The van der Waals surface area contributed by atoms with Crippen LogP contribution in [0.1, 0.15) is 12.6 Å². The number of halogens is 3. The molecule has 1 saturated heterocycles. The second-order valence-electron chi connectivity index (χ2n) is 5.94. The molecular formula is C16H16ClF2N3O3S. The normalized spacial score (nSPS) is 18.2. The van der Waals surface area contributed by atoms with Crippen molar-refractivity contribution in [3.05, 3.63) is 46.9 Å². The topological polar surface area (TPSA) is 72.4 Å². The number of morpholine rings is 1. The Hall–Kier alpha value is -1.84. The number of hydrogen-bond acceptors (Lipinski definition) is 6. The highest BCUT2D eigenvalue weighted by Crippen LogP contribution is 2.24. The lowest BCUT2D eigenvalue weighted by molar-refractivity contribution is 0.0985. The van der Waals surface area contributed by atoms with Crippen LogP contribution >= 0.6 is 11.6 Å². The Bertz CT molecular complexity index is 927. The van der Waals surface area contributed by atoms with E-state index < -0.39 is 32.1 Å². The molecule has 1 aliphatic heterocycles.